The van der Waals surface area contributed by atoms with E-state index in [9.17, 15) is 4.79 Å². The summed E-state index contributed by atoms with van der Waals surface area (Å²) in [5.74, 6) is -0.445. The van der Waals surface area contributed by atoms with Crippen LogP contribution in [-0.4, -0.2) is 11.1 Å². The van der Waals surface area contributed by atoms with Gasteiger partial charge in [0, 0.05) is 6.42 Å². The number of hydrogen-bond acceptors (Lipinski definition) is 1. The molecule has 0 radical (unpaired) electrons. The molecule has 1 aromatic carbocycles. The lowest BCUT2D eigenvalue weighted by molar-refractivity contribution is -0.138. The molecular weight excluding hydrogens is 188 g/mol. The van der Waals surface area contributed by atoms with E-state index >= 15 is 0 Å². The molecule has 0 bridgehead atoms. The zero-order valence-corrected chi connectivity index (χ0v) is 9.36. The number of aryl methyl sites for hydroxylation is 1. The lowest BCUT2D eigenvalue weighted by Gasteiger charge is -2.13. The van der Waals surface area contributed by atoms with Gasteiger partial charge in [0.1, 0.15) is 0 Å². The van der Waals surface area contributed by atoms with Gasteiger partial charge < -0.3 is 5.11 Å². The minimum absolute atomic E-state index is 0.253. The minimum atomic E-state index is -0.699. The number of hydrogen-bond donors (Lipinski definition) is 1. The van der Waals surface area contributed by atoms with Gasteiger partial charge in [0.05, 0.1) is 0 Å². The Labute approximate surface area is 90.9 Å². The average Bonchev–Trinajstić information content (AvgIpc) is 2.19. The molecule has 2 heteroatoms. The standard InChI is InChI=1S/C13H18O2/c1-3-11(9-13(14)15)8-12-7-5-4-6-10(12)2/h4-7,11H,3,8-9H2,1-2H3,(H,14,15). The molecule has 0 spiro atoms. The van der Waals surface area contributed by atoms with E-state index in [0.717, 1.165) is 12.8 Å². The molecule has 15 heavy (non-hydrogen) atoms. The van der Waals surface area contributed by atoms with Crippen LogP contribution in [0.2, 0.25) is 0 Å². The van der Waals surface area contributed by atoms with Gasteiger partial charge in [0.25, 0.3) is 0 Å². The van der Waals surface area contributed by atoms with E-state index in [1.54, 1.807) is 0 Å². The van der Waals surface area contributed by atoms with Crippen LogP contribution in [-0.2, 0) is 11.2 Å². The Morgan fingerprint density at radius 2 is 2.07 bits per heavy atom. The molecule has 1 unspecified atom stereocenters. The highest BCUT2D eigenvalue weighted by Crippen LogP contribution is 2.18. The van der Waals surface area contributed by atoms with Crippen LogP contribution in [0.5, 0.6) is 0 Å². The highest BCUT2D eigenvalue weighted by Gasteiger charge is 2.12. The molecule has 0 fully saturated rings. The van der Waals surface area contributed by atoms with E-state index in [2.05, 4.69) is 19.1 Å². The lowest BCUT2D eigenvalue weighted by Crippen LogP contribution is -2.10. The van der Waals surface area contributed by atoms with Crippen molar-refractivity contribution >= 4 is 5.97 Å². The Bertz CT molecular complexity index is 331. The third kappa shape index (κ3) is 3.74. The monoisotopic (exact) mass is 206 g/mol. The predicted octanol–water partition coefficient (Wildman–Crippen LogP) is 3.04. The maximum Gasteiger partial charge on any atom is 0.303 e. The molecule has 1 atom stereocenters. The van der Waals surface area contributed by atoms with Gasteiger partial charge >= 0.3 is 5.97 Å². The smallest absolute Gasteiger partial charge is 0.303 e. The van der Waals surface area contributed by atoms with Gasteiger partial charge in [-0.1, -0.05) is 37.6 Å². The topological polar surface area (TPSA) is 37.3 Å². The predicted molar refractivity (Wildman–Crippen MR) is 60.9 cm³/mol. The van der Waals surface area contributed by atoms with Gasteiger partial charge in [-0.05, 0) is 30.4 Å². The van der Waals surface area contributed by atoms with Crippen LogP contribution in [0.25, 0.3) is 0 Å². The molecule has 0 aliphatic rings. The highest BCUT2D eigenvalue weighted by molar-refractivity contribution is 5.67. The van der Waals surface area contributed by atoms with E-state index in [1.807, 2.05) is 19.1 Å². The van der Waals surface area contributed by atoms with Gasteiger partial charge in [0.15, 0.2) is 0 Å². The van der Waals surface area contributed by atoms with Gasteiger partial charge in [-0.3, -0.25) is 4.79 Å². The zero-order chi connectivity index (χ0) is 11.3. The Kier molecular flexibility index (Phi) is 4.35. The molecule has 1 N–H and O–H groups in total. The van der Waals surface area contributed by atoms with Crippen molar-refractivity contribution in [2.75, 3.05) is 0 Å². The number of rotatable bonds is 5. The fraction of sp³-hybridized carbons (Fsp3) is 0.462. The fourth-order valence-electron chi connectivity index (χ4n) is 1.76. The zero-order valence-electron chi connectivity index (χ0n) is 9.36. The van der Waals surface area contributed by atoms with Crippen LogP contribution in [0.4, 0.5) is 0 Å². The molecule has 0 aliphatic carbocycles. The van der Waals surface area contributed by atoms with Crippen molar-refractivity contribution in [1.29, 1.82) is 0 Å². The maximum atomic E-state index is 10.6. The van der Waals surface area contributed by atoms with Crippen LogP contribution in [0.15, 0.2) is 24.3 Å². The van der Waals surface area contributed by atoms with Gasteiger partial charge in [-0.25, -0.2) is 0 Å². The van der Waals surface area contributed by atoms with Crippen molar-refractivity contribution in [3.8, 4) is 0 Å². The number of carboxylic acids is 1. The number of carboxylic acid groups (broad SMARTS) is 1. The molecular formula is C13H18O2. The van der Waals surface area contributed by atoms with E-state index in [-0.39, 0.29) is 12.3 Å². The second-order valence-electron chi connectivity index (χ2n) is 4.00. The maximum absolute atomic E-state index is 10.6. The van der Waals surface area contributed by atoms with Crippen molar-refractivity contribution in [3.05, 3.63) is 35.4 Å². The highest BCUT2D eigenvalue weighted by atomic mass is 16.4. The Hall–Kier alpha value is -1.31. The largest absolute Gasteiger partial charge is 0.481 e. The summed E-state index contributed by atoms with van der Waals surface area (Å²) in [6.07, 6.45) is 2.06. The third-order valence-corrected chi connectivity index (χ3v) is 2.81. The van der Waals surface area contributed by atoms with Crippen molar-refractivity contribution in [3.63, 3.8) is 0 Å². The molecule has 0 saturated heterocycles. The summed E-state index contributed by atoms with van der Waals surface area (Å²) in [4.78, 5) is 10.6. The van der Waals surface area contributed by atoms with Crippen molar-refractivity contribution in [2.24, 2.45) is 5.92 Å². The first-order chi connectivity index (χ1) is 7.13. The summed E-state index contributed by atoms with van der Waals surface area (Å²) in [7, 11) is 0. The normalized spacial score (nSPS) is 12.4. The molecule has 82 valence electrons. The molecule has 0 aromatic heterocycles. The van der Waals surface area contributed by atoms with E-state index in [4.69, 9.17) is 5.11 Å². The van der Waals surface area contributed by atoms with E-state index in [0.29, 0.717) is 0 Å². The summed E-state index contributed by atoms with van der Waals surface area (Å²) in [6.45, 7) is 4.12. The fourth-order valence-corrected chi connectivity index (χ4v) is 1.76. The molecule has 0 saturated carbocycles. The van der Waals surface area contributed by atoms with Crippen LogP contribution < -0.4 is 0 Å². The number of aliphatic carboxylic acids is 1. The molecule has 1 aromatic rings. The van der Waals surface area contributed by atoms with Gasteiger partial charge in [-0.2, -0.15) is 0 Å². The summed E-state index contributed by atoms with van der Waals surface area (Å²) < 4.78 is 0. The summed E-state index contributed by atoms with van der Waals surface area (Å²) >= 11 is 0. The summed E-state index contributed by atoms with van der Waals surface area (Å²) in [6, 6.07) is 8.18. The first-order valence-corrected chi connectivity index (χ1v) is 5.39. The van der Waals surface area contributed by atoms with Crippen molar-refractivity contribution in [1.82, 2.24) is 0 Å². The van der Waals surface area contributed by atoms with Crippen LogP contribution in [0.1, 0.15) is 30.9 Å². The van der Waals surface area contributed by atoms with Gasteiger partial charge in [-0.15, -0.1) is 0 Å². The number of carbonyl (C=O) groups is 1. The molecule has 1 rings (SSSR count). The molecule has 0 aliphatic heterocycles. The molecule has 0 amide bonds. The Morgan fingerprint density at radius 1 is 1.40 bits per heavy atom. The van der Waals surface area contributed by atoms with Gasteiger partial charge in [0.2, 0.25) is 0 Å². The second kappa shape index (κ2) is 5.54. The second-order valence-corrected chi connectivity index (χ2v) is 4.00. The third-order valence-electron chi connectivity index (χ3n) is 2.81. The Balaban J connectivity index is 2.66. The van der Waals surface area contributed by atoms with E-state index in [1.165, 1.54) is 11.1 Å². The van der Waals surface area contributed by atoms with E-state index < -0.39 is 5.97 Å². The van der Waals surface area contributed by atoms with Crippen LogP contribution in [0, 0.1) is 12.8 Å². The summed E-state index contributed by atoms with van der Waals surface area (Å²) in [5.41, 5.74) is 2.52. The first kappa shape index (κ1) is 11.8. The molecule has 0 heterocycles. The average molecular weight is 206 g/mol. The van der Waals surface area contributed by atoms with Crippen molar-refractivity contribution < 1.29 is 9.90 Å². The van der Waals surface area contributed by atoms with Crippen LogP contribution >= 0.6 is 0 Å². The van der Waals surface area contributed by atoms with Crippen molar-refractivity contribution in [2.45, 2.75) is 33.1 Å². The van der Waals surface area contributed by atoms with Crippen LogP contribution in [0.3, 0.4) is 0 Å². The quantitative estimate of drug-likeness (QED) is 0.804. The lowest BCUT2D eigenvalue weighted by atomic mass is 9.92. The number of benzene rings is 1. The summed E-state index contributed by atoms with van der Waals surface area (Å²) in [5, 5.41) is 8.76. The Morgan fingerprint density at radius 3 is 2.60 bits per heavy atom. The SMILES string of the molecule is CCC(CC(=O)O)Cc1ccccc1C. The first-order valence-electron chi connectivity index (χ1n) is 5.39. The molecule has 2 nitrogen and oxygen atoms in total. The minimum Gasteiger partial charge on any atom is -0.481 e.